The summed E-state index contributed by atoms with van der Waals surface area (Å²) in [5, 5.41) is 3.07. The van der Waals surface area contributed by atoms with Crippen molar-refractivity contribution in [2.75, 3.05) is 13.2 Å². The summed E-state index contributed by atoms with van der Waals surface area (Å²) in [7, 11) is 0. The van der Waals surface area contributed by atoms with Crippen LogP contribution in [0.3, 0.4) is 0 Å². The molecular formula is C10H17NO2. The molecule has 2 aliphatic rings. The lowest BCUT2D eigenvalue weighted by Crippen LogP contribution is -2.40. The van der Waals surface area contributed by atoms with Gasteiger partial charge in [-0.05, 0) is 25.7 Å². The number of ether oxygens (including phenoxy) is 1. The predicted molar refractivity (Wildman–Crippen MR) is 49.3 cm³/mol. The molecule has 3 nitrogen and oxygen atoms in total. The van der Waals surface area contributed by atoms with Crippen LogP contribution >= 0.6 is 0 Å². The molecule has 74 valence electrons. The number of amides is 1. The first-order valence-electron chi connectivity index (χ1n) is 5.00. The van der Waals surface area contributed by atoms with Crippen LogP contribution < -0.4 is 5.32 Å². The Labute approximate surface area is 78.8 Å². The van der Waals surface area contributed by atoms with Gasteiger partial charge in [-0.15, -0.1) is 0 Å². The third kappa shape index (κ3) is 1.70. The molecular weight excluding hydrogens is 166 g/mol. The molecule has 0 aromatic rings. The Balaban J connectivity index is 1.88. The number of hydrogen-bond acceptors (Lipinski definition) is 2. The molecule has 3 heteroatoms. The van der Waals surface area contributed by atoms with Crippen molar-refractivity contribution in [1.82, 2.24) is 5.32 Å². The van der Waals surface area contributed by atoms with Crippen LogP contribution in [0.1, 0.15) is 26.7 Å². The van der Waals surface area contributed by atoms with E-state index >= 15 is 0 Å². The second-order valence-corrected chi connectivity index (χ2v) is 4.66. The third-order valence-electron chi connectivity index (χ3n) is 3.19. The van der Waals surface area contributed by atoms with Gasteiger partial charge in [0.15, 0.2) is 0 Å². The highest BCUT2D eigenvalue weighted by Crippen LogP contribution is 2.33. The Bertz CT molecular complexity index is 221. The summed E-state index contributed by atoms with van der Waals surface area (Å²) in [6.45, 7) is 5.46. The minimum absolute atomic E-state index is 0.180. The van der Waals surface area contributed by atoms with Crippen molar-refractivity contribution in [3.05, 3.63) is 0 Å². The molecule has 2 rings (SSSR count). The van der Waals surface area contributed by atoms with Crippen LogP contribution in [0.2, 0.25) is 0 Å². The molecule has 1 aliphatic carbocycles. The molecule has 1 amide bonds. The molecule has 0 aromatic carbocycles. The van der Waals surface area contributed by atoms with E-state index in [1.807, 2.05) is 6.92 Å². The summed E-state index contributed by atoms with van der Waals surface area (Å²) in [6, 6.07) is 0.435. The third-order valence-corrected chi connectivity index (χ3v) is 3.19. The minimum atomic E-state index is -0.262. The lowest BCUT2D eigenvalue weighted by atomic mass is 9.89. The standard InChI is InChI=1S/C10H17NO2/c1-7-5-8(7)11-9(12)10(2)3-4-13-6-10/h7-8H,3-6H2,1-2H3,(H,11,12)/t7-,8-,10?/m1/s1. The van der Waals surface area contributed by atoms with Gasteiger partial charge in [0.05, 0.1) is 12.0 Å². The van der Waals surface area contributed by atoms with Gasteiger partial charge in [0.2, 0.25) is 5.91 Å². The number of carbonyl (C=O) groups is 1. The zero-order valence-corrected chi connectivity index (χ0v) is 8.30. The van der Waals surface area contributed by atoms with E-state index in [0.29, 0.717) is 18.6 Å². The van der Waals surface area contributed by atoms with Gasteiger partial charge >= 0.3 is 0 Å². The minimum Gasteiger partial charge on any atom is -0.380 e. The Morgan fingerprint density at radius 2 is 2.31 bits per heavy atom. The molecule has 1 heterocycles. The lowest BCUT2D eigenvalue weighted by Gasteiger charge is -2.20. The molecule has 1 aliphatic heterocycles. The Morgan fingerprint density at radius 3 is 2.77 bits per heavy atom. The normalized spacial score (nSPS) is 43.2. The van der Waals surface area contributed by atoms with E-state index in [0.717, 1.165) is 19.4 Å². The van der Waals surface area contributed by atoms with E-state index in [4.69, 9.17) is 4.74 Å². The Kier molecular flexibility index (Phi) is 2.06. The van der Waals surface area contributed by atoms with E-state index in [2.05, 4.69) is 12.2 Å². The first-order valence-corrected chi connectivity index (χ1v) is 5.00. The zero-order chi connectivity index (χ0) is 9.47. The predicted octanol–water partition coefficient (Wildman–Crippen LogP) is 0.938. The van der Waals surface area contributed by atoms with Crippen LogP contribution in [0.15, 0.2) is 0 Å². The van der Waals surface area contributed by atoms with E-state index in [9.17, 15) is 4.79 Å². The average Bonchev–Trinajstić information content (AvgIpc) is 2.62. The van der Waals surface area contributed by atoms with Crippen LogP contribution in [0.5, 0.6) is 0 Å². The molecule has 0 aromatic heterocycles. The highest BCUT2D eigenvalue weighted by atomic mass is 16.5. The van der Waals surface area contributed by atoms with Crippen LogP contribution in [-0.4, -0.2) is 25.2 Å². The van der Waals surface area contributed by atoms with E-state index in [1.54, 1.807) is 0 Å². The fraction of sp³-hybridized carbons (Fsp3) is 0.900. The van der Waals surface area contributed by atoms with Crippen molar-refractivity contribution in [1.29, 1.82) is 0 Å². The summed E-state index contributed by atoms with van der Waals surface area (Å²) in [4.78, 5) is 11.8. The molecule has 0 spiro atoms. The monoisotopic (exact) mass is 183 g/mol. The molecule has 0 bridgehead atoms. The van der Waals surface area contributed by atoms with Gasteiger partial charge in [0.25, 0.3) is 0 Å². The van der Waals surface area contributed by atoms with Gasteiger partial charge in [-0.1, -0.05) is 6.92 Å². The van der Waals surface area contributed by atoms with Crippen molar-refractivity contribution < 1.29 is 9.53 Å². The zero-order valence-electron chi connectivity index (χ0n) is 8.30. The maximum atomic E-state index is 11.8. The number of carbonyl (C=O) groups excluding carboxylic acids is 1. The number of hydrogen-bond donors (Lipinski definition) is 1. The number of rotatable bonds is 2. The highest BCUT2D eigenvalue weighted by molar-refractivity contribution is 5.83. The van der Waals surface area contributed by atoms with Gasteiger partial charge in [0, 0.05) is 12.6 Å². The summed E-state index contributed by atoms with van der Waals surface area (Å²) in [6.07, 6.45) is 2.00. The van der Waals surface area contributed by atoms with Crippen molar-refractivity contribution in [2.45, 2.75) is 32.7 Å². The van der Waals surface area contributed by atoms with E-state index in [-0.39, 0.29) is 11.3 Å². The molecule has 3 atom stereocenters. The average molecular weight is 183 g/mol. The highest BCUT2D eigenvalue weighted by Gasteiger charge is 2.42. The molecule has 0 radical (unpaired) electrons. The van der Waals surface area contributed by atoms with Gasteiger partial charge in [0.1, 0.15) is 0 Å². The van der Waals surface area contributed by atoms with Gasteiger partial charge in [-0.25, -0.2) is 0 Å². The molecule has 1 saturated carbocycles. The first-order chi connectivity index (χ1) is 6.12. The van der Waals surface area contributed by atoms with Gasteiger partial charge < -0.3 is 10.1 Å². The fourth-order valence-corrected chi connectivity index (χ4v) is 1.71. The van der Waals surface area contributed by atoms with Crippen molar-refractivity contribution in [2.24, 2.45) is 11.3 Å². The largest absolute Gasteiger partial charge is 0.380 e. The maximum Gasteiger partial charge on any atom is 0.228 e. The summed E-state index contributed by atoms with van der Waals surface area (Å²) >= 11 is 0. The van der Waals surface area contributed by atoms with Gasteiger partial charge in [-0.3, -0.25) is 4.79 Å². The smallest absolute Gasteiger partial charge is 0.228 e. The van der Waals surface area contributed by atoms with E-state index in [1.165, 1.54) is 0 Å². The van der Waals surface area contributed by atoms with Crippen LogP contribution in [-0.2, 0) is 9.53 Å². The summed E-state index contributed by atoms with van der Waals surface area (Å²) < 4.78 is 5.25. The molecule has 1 unspecified atom stereocenters. The topological polar surface area (TPSA) is 38.3 Å². The second-order valence-electron chi connectivity index (χ2n) is 4.66. The number of nitrogens with one attached hydrogen (secondary N) is 1. The summed E-state index contributed by atoms with van der Waals surface area (Å²) in [5.41, 5.74) is -0.262. The van der Waals surface area contributed by atoms with Crippen molar-refractivity contribution in [3.63, 3.8) is 0 Å². The van der Waals surface area contributed by atoms with Crippen molar-refractivity contribution in [3.8, 4) is 0 Å². The first kappa shape index (κ1) is 9.00. The molecule has 2 fully saturated rings. The maximum absolute atomic E-state index is 11.8. The van der Waals surface area contributed by atoms with Crippen LogP contribution in [0, 0.1) is 11.3 Å². The molecule has 13 heavy (non-hydrogen) atoms. The van der Waals surface area contributed by atoms with Crippen LogP contribution in [0.4, 0.5) is 0 Å². The van der Waals surface area contributed by atoms with Crippen LogP contribution in [0.25, 0.3) is 0 Å². The fourth-order valence-electron chi connectivity index (χ4n) is 1.71. The van der Waals surface area contributed by atoms with Gasteiger partial charge in [-0.2, -0.15) is 0 Å². The van der Waals surface area contributed by atoms with E-state index < -0.39 is 0 Å². The molecule has 1 N–H and O–H groups in total. The Morgan fingerprint density at radius 1 is 1.62 bits per heavy atom. The summed E-state index contributed by atoms with van der Waals surface area (Å²) in [5.74, 6) is 0.856. The Hall–Kier alpha value is -0.570. The van der Waals surface area contributed by atoms with Crippen molar-refractivity contribution >= 4 is 5.91 Å². The SMILES string of the molecule is C[C@@H]1C[C@H]1NC(=O)C1(C)CCOC1. The second kappa shape index (κ2) is 2.98. The lowest BCUT2D eigenvalue weighted by molar-refractivity contribution is -0.130. The molecule has 1 saturated heterocycles. The quantitative estimate of drug-likeness (QED) is 0.692.